The Kier molecular flexibility index (Phi) is 4.50. The molecule has 2 unspecified atom stereocenters. The summed E-state index contributed by atoms with van der Waals surface area (Å²) in [7, 11) is 0. The van der Waals surface area contributed by atoms with Gasteiger partial charge in [0.15, 0.2) is 0 Å². The Morgan fingerprint density at radius 3 is 2.84 bits per heavy atom. The molecule has 2 atom stereocenters. The molecule has 1 saturated carbocycles. The highest BCUT2D eigenvalue weighted by Crippen LogP contribution is 2.31. The molecule has 0 radical (unpaired) electrons. The number of nitrogens with zero attached hydrogens (tertiary/aromatic N) is 2. The van der Waals surface area contributed by atoms with E-state index in [1.807, 2.05) is 13.8 Å². The van der Waals surface area contributed by atoms with Gasteiger partial charge in [-0.25, -0.2) is 4.68 Å². The largest absolute Gasteiger partial charge is 0.382 e. The number of nitrogens with one attached hydrogen (secondary N) is 1. The summed E-state index contributed by atoms with van der Waals surface area (Å²) in [6.07, 6.45) is 5.51. The molecule has 0 aromatic carbocycles. The summed E-state index contributed by atoms with van der Waals surface area (Å²) in [5.74, 6) is 1.42. The lowest BCUT2D eigenvalue weighted by Crippen LogP contribution is -2.26. The Balaban J connectivity index is 2.09. The Morgan fingerprint density at radius 2 is 2.26 bits per heavy atom. The highest BCUT2D eigenvalue weighted by molar-refractivity contribution is 6.32. The van der Waals surface area contributed by atoms with E-state index >= 15 is 0 Å². The average molecular weight is 284 g/mol. The van der Waals surface area contributed by atoms with Crippen LogP contribution in [0.2, 0.25) is 5.02 Å². The number of hydrogen-bond donors (Lipinski definition) is 1. The molecular weight excluding hydrogens is 262 g/mol. The molecule has 1 aromatic heterocycles. The normalized spacial score (nSPS) is 23.0. The molecule has 1 aliphatic rings. The fourth-order valence-electron chi connectivity index (χ4n) is 2.70. The fourth-order valence-corrected chi connectivity index (χ4v) is 2.90. The molecule has 2 rings (SSSR count). The van der Waals surface area contributed by atoms with Gasteiger partial charge in [0.1, 0.15) is 5.02 Å². The van der Waals surface area contributed by atoms with Gasteiger partial charge in [-0.05, 0) is 32.1 Å². The minimum Gasteiger partial charge on any atom is -0.382 e. The second-order valence-corrected chi connectivity index (χ2v) is 6.14. The smallest absolute Gasteiger partial charge is 0.287 e. The molecule has 0 spiro atoms. The van der Waals surface area contributed by atoms with E-state index in [4.69, 9.17) is 11.6 Å². The van der Waals surface area contributed by atoms with Gasteiger partial charge >= 0.3 is 0 Å². The Bertz CT molecular complexity index is 498. The molecule has 1 heterocycles. The molecule has 19 heavy (non-hydrogen) atoms. The van der Waals surface area contributed by atoms with E-state index in [0.29, 0.717) is 11.6 Å². The lowest BCUT2D eigenvalue weighted by molar-refractivity contribution is 0.439. The van der Waals surface area contributed by atoms with Crippen LogP contribution in [-0.2, 0) is 0 Å². The van der Waals surface area contributed by atoms with Gasteiger partial charge in [-0.1, -0.05) is 31.4 Å². The van der Waals surface area contributed by atoms with Crippen molar-refractivity contribution in [3.8, 4) is 0 Å². The van der Waals surface area contributed by atoms with Gasteiger partial charge in [-0.3, -0.25) is 4.79 Å². The maximum atomic E-state index is 12.0. The van der Waals surface area contributed by atoms with Crippen molar-refractivity contribution in [2.75, 3.05) is 11.9 Å². The molecule has 106 valence electrons. The molecule has 0 aliphatic heterocycles. The van der Waals surface area contributed by atoms with Crippen molar-refractivity contribution in [3.05, 3.63) is 21.6 Å². The Hall–Kier alpha value is -1.03. The van der Waals surface area contributed by atoms with Gasteiger partial charge in [-0.2, -0.15) is 5.10 Å². The first-order valence-corrected chi connectivity index (χ1v) is 7.39. The van der Waals surface area contributed by atoms with Gasteiger partial charge in [-0.15, -0.1) is 0 Å². The molecule has 4 nitrogen and oxygen atoms in total. The van der Waals surface area contributed by atoms with Crippen LogP contribution in [0.3, 0.4) is 0 Å². The van der Waals surface area contributed by atoms with E-state index in [2.05, 4.69) is 17.3 Å². The van der Waals surface area contributed by atoms with Crippen LogP contribution in [0.4, 0.5) is 5.69 Å². The van der Waals surface area contributed by atoms with E-state index in [1.165, 1.54) is 23.9 Å². The number of hydrogen-bond acceptors (Lipinski definition) is 3. The second-order valence-electron chi connectivity index (χ2n) is 5.76. The number of aromatic nitrogens is 2. The summed E-state index contributed by atoms with van der Waals surface area (Å²) in [4.78, 5) is 12.0. The molecule has 5 heteroatoms. The summed E-state index contributed by atoms with van der Waals surface area (Å²) in [5.41, 5.74) is 0.434. The zero-order chi connectivity index (χ0) is 14.0. The highest BCUT2D eigenvalue weighted by atomic mass is 35.5. The van der Waals surface area contributed by atoms with Crippen molar-refractivity contribution in [1.82, 2.24) is 9.78 Å². The second kappa shape index (κ2) is 5.95. The lowest BCUT2D eigenvalue weighted by Gasteiger charge is -2.17. The van der Waals surface area contributed by atoms with Gasteiger partial charge in [0.2, 0.25) is 0 Å². The lowest BCUT2D eigenvalue weighted by atomic mass is 9.98. The third kappa shape index (κ3) is 3.11. The predicted octanol–water partition coefficient (Wildman–Crippen LogP) is 3.33. The number of anilines is 1. The molecule has 1 aliphatic carbocycles. The van der Waals surface area contributed by atoms with Crippen LogP contribution in [0, 0.1) is 11.8 Å². The third-order valence-electron chi connectivity index (χ3n) is 4.03. The minimum atomic E-state index is -0.221. The van der Waals surface area contributed by atoms with Crippen LogP contribution in [0.5, 0.6) is 0 Å². The van der Waals surface area contributed by atoms with E-state index in [0.717, 1.165) is 12.5 Å². The molecule has 0 bridgehead atoms. The predicted molar refractivity (Wildman–Crippen MR) is 78.9 cm³/mol. The Morgan fingerprint density at radius 1 is 1.53 bits per heavy atom. The van der Waals surface area contributed by atoms with Crippen molar-refractivity contribution in [2.24, 2.45) is 11.8 Å². The van der Waals surface area contributed by atoms with Crippen molar-refractivity contribution in [2.45, 2.75) is 46.1 Å². The van der Waals surface area contributed by atoms with E-state index in [-0.39, 0.29) is 16.6 Å². The number of halogens is 1. The summed E-state index contributed by atoms with van der Waals surface area (Å²) in [6.45, 7) is 6.99. The fraction of sp³-hybridized carbons (Fsp3) is 0.714. The van der Waals surface area contributed by atoms with Gasteiger partial charge in [0, 0.05) is 6.54 Å². The van der Waals surface area contributed by atoms with E-state index in [1.54, 1.807) is 6.20 Å². The van der Waals surface area contributed by atoms with Gasteiger partial charge in [0.05, 0.1) is 17.9 Å². The molecule has 1 aromatic rings. The van der Waals surface area contributed by atoms with Crippen LogP contribution in [0.15, 0.2) is 11.0 Å². The van der Waals surface area contributed by atoms with E-state index in [9.17, 15) is 4.79 Å². The summed E-state index contributed by atoms with van der Waals surface area (Å²) in [6, 6.07) is 0.0221. The van der Waals surface area contributed by atoms with Gasteiger partial charge in [0.25, 0.3) is 5.56 Å². The summed E-state index contributed by atoms with van der Waals surface area (Å²) in [5, 5.41) is 7.69. The first-order chi connectivity index (χ1) is 9.00. The highest BCUT2D eigenvalue weighted by Gasteiger charge is 2.23. The van der Waals surface area contributed by atoms with Crippen LogP contribution < -0.4 is 10.9 Å². The third-order valence-corrected chi connectivity index (χ3v) is 4.39. The molecule has 0 saturated heterocycles. The first kappa shape index (κ1) is 14.4. The minimum absolute atomic E-state index is 0.0221. The number of rotatable bonds is 4. The van der Waals surface area contributed by atoms with Crippen LogP contribution in [-0.4, -0.2) is 16.3 Å². The van der Waals surface area contributed by atoms with E-state index < -0.39 is 0 Å². The van der Waals surface area contributed by atoms with Crippen LogP contribution in [0.25, 0.3) is 0 Å². The standard InChI is InChI=1S/C14H22ClN3O/c1-9(2)18-14(19)13(15)12(8-17-18)16-7-11-6-4-5-10(11)3/h8-11,16H,4-7H2,1-3H3. The summed E-state index contributed by atoms with van der Waals surface area (Å²) >= 11 is 6.13. The molecule has 1 fully saturated rings. The maximum Gasteiger partial charge on any atom is 0.287 e. The van der Waals surface area contributed by atoms with Gasteiger partial charge < -0.3 is 5.32 Å². The topological polar surface area (TPSA) is 46.9 Å². The maximum absolute atomic E-state index is 12.0. The van der Waals surface area contributed by atoms with Crippen LogP contribution in [0.1, 0.15) is 46.1 Å². The molecular formula is C14H22ClN3O. The monoisotopic (exact) mass is 283 g/mol. The molecule has 1 N–H and O–H groups in total. The average Bonchev–Trinajstić information content (AvgIpc) is 2.76. The van der Waals surface area contributed by atoms with Crippen molar-refractivity contribution in [3.63, 3.8) is 0 Å². The van der Waals surface area contributed by atoms with Crippen molar-refractivity contribution in [1.29, 1.82) is 0 Å². The zero-order valence-electron chi connectivity index (χ0n) is 11.8. The van der Waals surface area contributed by atoms with Crippen molar-refractivity contribution >= 4 is 17.3 Å². The van der Waals surface area contributed by atoms with Crippen molar-refractivity contribution < 1.29 is 0 Å². The van der Waals surface area contributed by atoms with Crippen LogP contribution >= 0.6 is 11.6 Å². The quantitative estimate of drug-likeness (QED) is 0.922. The Labute approximate surface area is 119 Å². The first-order valence-electron chi connectivity index (χ1n) is 7.02. The molecule has 0 amide bonds. The summed E-state index contributed by atoms with van der Waals surface area (Å²) < 4.78 is 1.41. The zero-order valence-corrected chi connectivity index (χ0v) is 12.6. The SMILES string of the molecule is CC1CCCC1CNc1cnn(C(C)C)c(=O)c1Cl.